The number of hydrogen-bond acceptors (Lipinski definition) is 6. The van der Waals surface area contributed by atoms with E-state index < -0.39 is 23.3 Å². The topological polar surface area (TPSA) is 93.1 Å². The predicted octanol–water partition coefficient (Wildman–Crippen LogP) is 1.98. The third-order valence-corrected chi connectivity index (χ3v) is 4.52. The van der Waals surface area contributed by atoms with E-state index in [9.17, 15) is 14.0 Å². The summed E-state index contributed by atoms with van der Waals surface area (Å²) in [6.07, 6.45) is 3.37. The summed E-state index contributed by atoms with van der Waals surface area (Å²) in [4.78, 5) is 25.0. The van der Waals surface area contributed by atoms with E-state index in [4.69, 9.17) is 10.2 Å². The summed E-state index contributed by atoms with van der Waals surface area (Å²) in [5.74, 6) is -2.73. The van der Waals surface area contributed by atoms with Crippen molar-refractivity contribution >= 4 is 29.7 Å². The average Bonchev–Trinajstić information content (AvgIpc) is 2.61. The smallest absolute Gasteiger partial charge is 0.338 e. The summed E-state index contributed by atoms with van der Waals surface area (Å²) in [6, 6.07) is 2.16. The Morgan fingerprint density at radius 2 is 1.76 bits per heavy atom. The number of rotatable bonds is 5. The van der Waals surface area contributed by atoms with E-state index in [1.54, 1.807) is 19.0 Å². The van der Waals surface area contributed by atoms with Crippen LogP contribution in [0, 0.1) is 5.82 Å². The highest BCUT2D eigenvalue weighted by Gasteiger charge is 2.21. The van der Waals surface area contributed by atoms with Crippen LogP contribution in [-0.4, -0.2) is 60.7 Å². The number of nitrogens with zero attached hydrogens (tertiary/aromatic N) is 2. The molecular formula is C16H24FN3O4S. The minimum Gasteiger partial charge on any atom is -0.478 e. The third kappa shape index (κ3) is 5.87. The van der Waals surface area contributed by atoms with E-state index in [0.717, 1.165) is 39.1 Å². The van der Waals surface area contributed by atoms with Gasteiger partial charge in [-0.25, -0.2) is 13.5 Å². The van der Waals surface area contributed by atoms with Crippen molar-refractivity contribution in [2.45, 2.75) is 19.3 Å². The Kier molecular flexibility index (Phi) is 8.67. The van der Waals surface area contributed by atoms with Crippen LogP contribution in [0.4, 0.5) is 10.1 Å². The number of amides is 1. The molecule has 0 saturated carbocycles. The van der Waals surface area contributed by atoms with Gasteiger partial charge in [0.15, 0.2) is 0 Å². The number of piperidine rings is 1. The SMILES string of the molecule is CN(C)c1cc(C(=O)O)c(F)cc1C(=O)NSN1CCCCC1.CO. The van der Waals surface area contributed by atoms with Crippen LogP contribution in [0.2, 0.25) is 0 Å². The molecule has 1 aliphatic heterocycles. The van der Waals surface area contributed by atoms with Gasteiger partial charge in [0.25, 0.3) is 5.91 Å². The summed E-state index contributed by atoms with van der Waals surface area (Å²) in [5.41, 5.74) is 0.0245. The van der Waals surface area contributed by atoms with Crippen LogP contribution in [0.15, 0.2) is 12.1 Å². The minimum atomic E-state index is -1.36. The molecule has 1 aromatic carbocycles. The maximum Gasteiger partial charge on any atom is 0.338 e. The molecular weight excluding hydrogens is 349 g/mol. The number of aliphatic hydroxyl groups excluding tert-OH is 1. The normalized spacial score (nSPS) is 14.3. The van der Waals surface area contributed by atoms with Gasteiger partial charge in [-0.1, -0.05) is 6.42 Å². The zero-order chi connectivity index (χ0) is 19.0. The molecule has 9 heteroatoms. The van der Waals surface area contributed by atoms with Gasteiger partial charge in [0.2, 0.25) is 0 Å². The summed E-state index contributed by atoms with van der Waals surface area (Å²) in [5, 5.41) is 16.0. The standard InChI is InChI=1S/C15H20FN3O3S.CH4O/c1-18(2)13-9-10(15(21)22)12(16)8-11(13)14(20)17-23-19-6-4-3-5-7-19;1-2/h8-9H,3-7H2,1-2H3,(H,17,20)(H,21,22);2H,1H3. The number of carbonyl (C=O) groups excluding carboxylic acids is 1. The first-order valence-corrected chi connectivity index (χ1v) is 8.58. The minimum absolute atomic E-state index is 0.113. The van der Waals surface area contributed by atoms with Crippen molar-refractivity contribution in [3.63, 3.8) is 0 Å². The lowest BCUT2D eigenvalue weighted by molar-refractivity contribution is 0.0691. The predicted molar refractivity (Wildman–Crippen MR) is 96.3 cm³/mol. The summed E-state index contributed by atoms with van der Waals surface area (Å²) in [7, 11) is 4.35. The van der Waals surface area contributed by atoms with Crippen molar-refractivity contribution in [3.8, 4) is 0 Å². The van der Waals surface area contributed by atoms with Crippen molar-refractivity contribution < 1.29 is 24.2 Å². The van der Waals surface area contributed by atoms with Gasteiger partial charge >= 0.3 is 5.97 Å². The largest absolute Gasteiger partial charge is 0.478 e. The highest BCUT2D eigenvalue weighted by Crippen LogP contribution is 2.24. The molecule has 1 aromatic rings. The average molecular weight is 373 g/mol. The Labute approximate surface area is 151 Å². The number of carboxylic acid groups (broad SMARTS) is 1. The highest BCUT2D eigenvalue weighted by atomic mass is 32.2. The number of anilines is 1. The molecule has 25 heavy (non-hydrogen) atoms. The van der Waals surface area contributed by atoms with Crippen LogP contribution in [0.3, 0.4) is 0 Å². The van der Waals surface area contributed by atoms with Gasteiger partial charge in [-0.15, -0.1) is 0 Å². The number of aromatic carboxylic acids is 1. The van der Waals surface area contributed by atoms with Gasteiger partial charge in [-0.3, -0.25) is 9.52 Å². The molecule has 0 atom stereocenters. The monoisotopic (exact) mass is 373 g/mol. The number of benzene rings is 1. The molecule has 0 spiro atoms. The van der Waals surface area contributed by atoms with Crippen LogP contribution in [0.5, 0.6) is 0 Å². The van der Waals surface area contributed by atoms with Crippen molar-refractivity contribution in [2.24, 2.45) is 0 Å². The Morgan fingerprint density at radius 1 is 1.16 bits per heavy atom. The van der Waals surface area contributed by atoms with Gasteiger partial charge in [0.1, 0.15) is 5.82 Å². The zero-order valence-corrected chi connectivity index (χ0v) is 15.4. The zero-order valence-electron chi connectivity index (χ0n) is 14.6. The molecule has 0 unspecified atom stereocenters. The van der Waals surface area contributed by atoms with Gasteiger partial charge in [0.05, 0.1) is 16.8 Å². The second-order valence-corrected chi connectivity index (χ2v) is 6.46. The van der Waals surface area contributed by atoms with Gasteiger partial charge in [-0.05, 0) is 25.0 Å². The number of nitrogens with one attached hydrogen (secondary N) is 1. The molecule has 1 aliphatic rings. The van der Waals surface area contributed by atoms with E-state index in [2.05, 4.69) is 9.03 Å². The quantitative estimate of drug-likeness (QED) is 0.680. The van der Waals surface area contributed by atoms with Crippen molar-refractivity contribution in [3.05, 3.63) is 29.1 Å². The number of aliphatic hydroxyl groups is 1. The number of carbonyl (C=O) groups is 2. The number of hydrogen-bond donors (Lipinski definition) is 3. The van der Waals surface area contributed by atoms with Crippen LogP contribution in [0.1, 0.15) is 40.0 Å². The first-order valence-electron chi connectivity index (χ1n) is 7.81. The van der Waals surface area contributed by atoms with Gasteiger partial charge in [-0.2, -0.15) is 0 Å². The number of halogens is 1. The molecule has 7 nitrogen and oxygen atoms in total. The van der Waals surface area contributed by atoms with E-state index in [1.807, 2.05) is 0 Å². The molecule has 140 valence electrons. The fraction of sp³-hybridized carbons (Fsp3) is 0.500. The Bertz CT molecular complexity index is 607. The number of carboxylic acids is 1. The molecule has 0 aromatic heterocycles. The molecule has 1 heterocycles. The molecule has 0 bridgehead atoms. The summed E-state index contributed by atoms with van der Waals surface area (Å²) in [6.45, 7) is 1.80. The van der Waals surface area contributed by atoms with E-state index in [-0.39, 0.29) is 5.56 Å². The second kappa shape index (κ2) is 10.2. The van der Waals surface area contributed by atoms with Crippen molar-refractivity contribution in [2.75, 3.05) is 39.2 Å². The maximum atomic E-state index is 13.9. The lowest BCUT2D eigenvalue weighted by Gasteiger charge is -2.25. The Hall–Kier alpha value is -1.84. The lowest BCUT2D eigenvalue weighted by Crippen LogP contribution is -2.30. The van der Waals surface area contributed by atoms with Crippen LogP contribution in [-0.2, 0) is 0 Å². The molecule has 1 saturated heterocycles. The van der Waals surface area contributed by atoms with Gasteiger partial charge in [0, 0.05) is 46.4 Å². The fourth-order valence-electron chi connectivity index (χ4n) is 2.39. The van der Waals surface area contributed by atoms with Crippen LogP contribution >= 0.6 is 12.1 Å². The summed E-state index contributed by atoms with van der Waals surface area (Å²) >= 11 is 1.21. The Morgan fingerprint density at radius 3 is 2.28 bits per heavy atom. The maximum absolute atomic E-state index is 13.9. The van der Waals surface area contributed by atoms with Gasteiger partial charge < -0.3 is 15.1 Å². The Balaban J connectivity index is 0.00000151. The molecule has 1 fully saturated rings. The first kappa shape index (κ1) is 21.2. The van der Waals surface area contributed by atoms with Crippen LogP contribution in [0.25, 0.3) is 0 Å². The third-order valence-electron chi connectivity index (χ3n) is 3.62. The van der Waals surface area contributed by atoms with E-state index >= 15 is 0 Å². The first-order chi connectivity index (χ1) is 11.9. The molecule has 1 amide bonds. The molecule has 2 rings (SSSR count). The van der Waals surface area contributed by atoms with E-state index in [0.29, 0.717) is 5.69 Å². The molecule has 0 radical (unpaired) electrons. The fourth-order valence-corrected chi connectivity index (χ4v) is 3.16. The van der Waals surface area contributed by atoms with Crippen molar-refractivity contribution in [1.82, 2.24) is 9.03 Å². The second-order valence-electron chi connectivity index (χ2n) is 5.56. The lowest BCUT2D eigenvalue weighted by atomic mass is 10.1. The van der Waals surface area contributed by atoms with E-state index in [1.165, 1.54) is 24.6 Å². The molecule has 0 aliphatic carbocycles. The summed E-state index contributed by atoms with van der Waals surface area (Å²) < 4.78 is 18.7. The highest BCUT2D eigenvalue weighted by molar-refractivity contribution is 7.95. The molecule has 3 N–H and O–H groups in total. The van der Waals surface area contributed by atoms with Crippen LogP contribution < -0.4 is 9.62 Å². The van der Waals surface area contributed by atoms with Crippen molar-refractivity contribution in [1.29, 1.82) is 0 Å².